The molecular formula is C45H83N3O13. The van der Waals surface area contributed by atoms with Crippen LogP contribution in [0.5, 0.6) is 0 Å². The van der Waals surface area contributed by atoms with Gasteiger partial charge in [-0.15, -0.1) is 0 Å². The van der Waals surface area contributed by atoms with Gasteiger partial charge in [0.1, 0.15) is 42.7 Å². The first-order chi connectivity index (χ1) is 28.8. The molecule has 0 aromatic rings. The van der Waals surface area contributed by atoms with Crippen LogP contribution in [0.2, 0.25) is 0 Å². The lowest BCUT2D eigenvalue weighted by Crippen LogP contribution is -2.62. The van der Waals surface area contributed by atoms with Crippen molar-refractivity contribution in [2.75, 3.05) is 39.4 Å². The lowest BCUT2D eigenvalue weighted by molar-refractivity contribution is -0.326. The smallest absolute Gasteiger partial charge is 0.251 e. The van der Waals surface area contributed by atoms with Crippen molar-refractivity contribution in [3.63, 3.8) is 0 Å². The van der Waals surface area contributed by atoms with Gasteiger partial charge in [-0.1, -0.05) is 91.0 Å². The zero-order valence-electron chi connectivity index (χ0n) is 38.2. The number of nitrogens with zero attached hydrogens (tertiary/aromatic N) is 2. The van der Waals surface area contributed by atoms with Crippen LogP contribution in [-0.4, -0.2) is 168 Å². The van der Waals surface area contributed by atoms with Gasteiger partial charge in [0.2, 0.25) is 11.8 Å². The van der Waals surface area contributed by atoms with Crippen molar-refractivity contribution in [2.24, 2.45) is 5.41 Å². The number of amides is 3. The lowest BCUT2D eigenvalue weighted by Gasteiger charge is -2.43. The number of carbonyl (C=O) groups is 3. The Morgan fingerprint density at radius 3 is 2.00 bits per heavy atom. The first-order valence-electron chi connectivity index (χ1n) is 22.5. The molecule has 0 aromatic heterocycles. The van der Waals surface area contributed by atoms with Gasteiger partial charge < -0.3 is 65.4 Å². The van der Waals surface area contributed by atoms with Crippen LogP contribution in [0.4, 0.5) is 0 Å². The molecule has 9 N–H and O–H groups in total. The van der Waals surface area contributed by atoms with Crippen LogP contribution in [0.15, 0.2) is 24.3 Å². The van der Waals surface area contributed by atoms with Crippen molar-refractivity contribution in [1.82, 2.24) is 15.1 Å². The van der Waals surface area contributed by atoms with Gasteiger partial charge in [0.25, 0.3) is 5.91 Å². The van der Waals surface area contributed by atoms with Crippen molar-refractivity contribution in [3.8, 4) is 0 Å². The van der Waals surface area contributed by atoms with E-state index in [1.807, 2.05) is 25.7 Å². The van der Waals surface area contributed by atoms with Crippen molar-refractivity contribution < 1.29 is 64.7 Å². The fraction of sp³-hybridized carbons (Fsp3) is 0.844. The molecule has 0 saturated carbocycles. The fourth-order valence-electron chi connectivity index (χ4n) is 7.02. The molecular weight excluding hydrogens is 791 g/mol. The maximum absolute atomic E-state index is 13.7. The molecule has 1 fully saturated rings. The normalized spacial score (nSPS) is 22.0. The molecule has 1 saturated heterocycles. The Balaban J connectivity index is 2.89. The molecule has 1 aliphatic heterocycles. The van der Waals surface area contributed by atoms with E-state index in [-0.39, 0.29) is 36.7 Å². The Kier molecular flexibility index (Phi) is 27.6. The molecule has 0 aliphatic carbocycles. The van der Waals surface area contributed by atoms with Crippen LogP contribution in [0.25, 0.3) is 0 Å². The Morgan fingerprint density at radius 2 is 1.41 bits per heavy atom. The summed E-state index contributed by atoms with van der Waals surface area (Å²) in [5.41, 5.74) is -0.696. The van der Waals surface area contributed by atoms with E-state index in [4.69, 9.17) is 9.47 Å². The number of ether oxygens (including phenoxy) is 2. The van der Waals surface area contributed by atoms with E-state index >= 15 is 0 Å². The number of allylic oxidation sites excluding steroid dienone is 4. The number of aliphatic hydroxyl groups excluding tert-OH is 8. The van der Waals surface area contributed by atoms with Gasteiger partial charge in [0.05, 0.1) is 13.2 Å². The van der Waals surface area contributed by atoms with Gasteiger partial charge in [-0.05, 0) is 64.2 Å². The molecule has 0 spiro atoms. The molecule has 16 heteroatoms. The number of unbranched alkanes of at least 4 members (excludes halogenated alkanes) is 7. The first kappa shape index (κ1) is 56.5. The largest absolute Gasteiger partial charge is 0.394 e. The standard InChI is InChI=1S/C45H83N3O13/c1-8-10-11-12-13-14-15-16-17-18-19-20-21-22-24-35(53)47(28-25-45(6,7)48(34(52)9-2)31-44(3,4)5)27-23-26-46-42(59)39(57)38(56)41(32(51)29-49)61-43-40(58)37(55)36(54)33(30-50)60-43/h12-13,15-16,32-33,36-41,43,49-51,54-58H,8-11,14,17-31H2,1-7H3,(H,46,59)/b13-12+,16-15-. The maximum Gasteiger partial charge on any atom is 0.251 e. The number of rotatable bonds is 31. The van der Waals surface area contributed by atoms with Gasteiger partial charge in [-0.25, -0.2) is 0 Å². The third-order valence-corrected chi connectivity index (χ3v) is 10.9. The van der Waals surface area contributed by atoms with Crippen LogP contribution in [-0.2, 0) is 23.9 Å². The summed E-state index contributed by atoms with van der Waals surface area (Å²) in [6.07, 6.45) is 3.93. The molecule has 0 aromatic carbocycles. The van der Waals surface area contributed by atoms with E-state index in [0.29, 0.717) is 32.4 Å². The molecule has 1 aliphatic rings. The predicted octanol–water partition coefficient (Wildman–Crippen LogP) is 2.46. The Hall–Kier alpha value is -2.51. The predicted molar refractivity (Wildman–Crippen MR) is 233 cm³/mol. The SMILES string of the molecule is CCCC/C=C/C/C=C\CCCCCCCC(=O)N(CCCNC(=O)C(O)C(O)C(OC1OC(CO)C(O)C(O)C1O)C(O)CO)CCC(C)(C)N(CC(C)(C)C)C(=O)CC. The zero-order chi connectivity index (χ0) is 46.2. The monoisotopic (exact) mass is 874 g/mol. The van der Waals surface area contributed by atoms with Crippen LogP contribution >= 0.6 is 0 Å². The van der Waals surface area contributed by atoms with E-state index in [2.05, 4.69) is 57.3 Å². The second kappa shape index (κ2) is 29.8. The summed E-state index contributed by atoms with van der Waals surface area (Å²) < 4.78 is 10.7. The fourth-order valence-corrected chi connectivity index (χ4v) is 7.02. The molecule has 0 bridgehead atoms. The first-order valence-corrected chi connectivity index (χ1v) is 22.5. The van der Waals surface area contributed by atoms with Crippen molar-refractivity contribution in [2.45, 2.75) is 199 Å². The third-order valence-electron chi connectivity index (χ3n) is 10.9. The molecule has 9 unspecified atom stereocenters. The second-order valence-corrected chi connectivity index (χ2v) is 18.1. The molecule has 1 heterocycles. The van der Waals surface area contributed by atoms with Crippen LogP contribution in [0.3, 0.4) is 0 Å². The van der Waals surface area contributed by atoms with E-state index < -0.39 is 79.8 Å². The summed E-state index contributed by atoms with van der Waals surface area (Å²) >= 11 is 0. The number of hydrogen-bond acceptors (Lipinski definition) is 13. The summed E-state index contributed by atoms with van der Waals surface area (Å²) in [6.45, 7) is 13.7. The van der Waals surface area contributed by atoms with Crippen molar-refractivity contribution in [1.29, 1.82) is 0 Å². The molecule has 0 radical (unpaired) electrons. The highest BCUT2D eigenvalue weighted by atomic mass is 16.7. The lowest BCUT2D eigenvalue weighted by atomic mass is 9.90. The number of hydrogen-bond donors (Lipinski definition) is 9. The van der Waals surface area contributed by atoms with Gasteiger partial charge in [-0.2, -0.15) is 0 Å². The average Bonchev–Trinajstić information content (AvgIpc) is 3.22. The van der Waals surface area contributed by atoms with E-state index in [1.54, 1.807) is 4.90 Å². The van der Waals surface area contributed by atoms with Gasteiger partial charge >= 0.3 is 0 Å². The maximum atomic E-state index is 13.7. The minimum atomic E-state index is -2.20. The Morgan fingerprint density at radius 1 is 0.787 bits per heavy atom. The molecule has 16 nitrogen and oxygen atoms in total. The molecule has 9 atom stereocenters. The van der Waals surface area contributed by atoms with Crippen LogP contribution in [0, 0.1) is 5.41 Å². The number of aliphatic hydroxyl groups is 8. The van der Waals surface area contributed by atoms with Crippen LogP contribution < -0.4 is 5.32 Å². The van der Waals surface area contributed by atoms with E-state index in [1.165, 1.54) is 12.8 Å². The highest BCUT2D eigenvalue weighted by Gasteiger charge is 2.47. The van der Waals surface area contributed by atoms with Crippen molar-refractivity contribution >= 4 is 17.7 Å². The number of carbonyl (C=O) groups excluding carboxylic acids is 3. The van der Waals surface area contributed by atoms with E-state index in [9.17, 15) is 55.2 Å². The Labute approximate surface area is 365 Å². The third kappa shape index (κ3) is 21.1. The minimum Gasteiger partial charge on any atom is -0.394 e. The molecule has 356 valence electrons. The zero-order valence-corrected chi connectivity index (χ0v) is 38.2. The minimum absolute atomic E-state index is 0.00929. The highest BCUT2D eigenvalue weighted by molar-refractivity contribution is 5.81. The topological polar surface area (TPSA) is 250 Å². The van der Waals surface area contributed by atoms with E-state index in [0.717, 1.165) is 51.4 Å². The Bertz CT molecular complexity index is 1290. The quantitative estimate of drug-likeness (QED) is 0.0359. The molecule has 3 amide bonds. The van der Waals surface area contributed by atoms with Crippen molar-refractivity contribution in [3.05, 3.63) is 24.3 Å². The van der Waals surface area contributed by atoms with Crippen LogP contribution in [0.1, 0.15) is 138 Å². The summed E-state index contributed by atoms with van der Waals surface area (Å²) in [4.78, 5) is 43.4. The summed E-state index contributed by atoms with van der Waals surface area (Å²) in [5, 5.41) is 84.1. The summed E-state index contributed by atoms with van der Waals surface area (Å²) in [5.74, 6) is -1.06. The highest BCUT2D eigenvalue weighted by Crippen LogP contribution is 2.28. The molecule has 61 heavy (non-hydrogen) atoms. The number of nitrogens with one attached hydrogen (secondary N) is 1. The average molecular weight is 874 g/mol. The summed E-state index contributed by atoms with van der Waals surface area (Å²) in [7, 11) is 0. The van der Waals surface area contributed by atoms with Gasteiger partial charge in [0, 0.05) is 44.6 Å². The molecule has 1 rings (SSSR count). The second-order valence-electron chi connectivity index (χ2n) is 18.1. The van der Waals surface area contributed by atoms with Gasteiger partial charge in [0.15, 0.2) is 12.4 Å². The summed E-state index contributed by atoms with van der Waals surface area (Å²) in [6, 6.07) is 0. The van der Waals surface area contributed by atoms with Gasteiger partial charge in [-0.3, -0.25) is 14.4 Å².